The maximum absolute atomic E-state index is 5.28. The Balaban J connectivity index is 2.23. The first kappa shape index (κ1) is 4.40. The average molecular weight is 108 g/mol. The fraction of sp³-hybridized carbons (Fsp3) is 0.714. The summed E-state index contributed by atoms with van der Waals surface area (Å²) in [5.74, 6) is 2.78. The molecule has 1 nitrogen and oxygen atoms in total. The summed E-state index contributed by atoms with van der Waals surface area (Å²) >= 11 is 0. The summed E-state index contributed by atoms with van der Waals surface area (Å²) in [4.78, 5) is 0. The molecule has 2 heterocycles. The van der Waals surface area contributed by atoms with Crippen LogP contribution in [0.2, 0.25) is 0 Å². The molecule has 0 spiro atoms. The van der Waals surface area contributed by atoms with Crippen molar-refractivity contribution in [2.24, 2.45) is 5.41 Å². The van der Waals surface area contributed by atoms with Gasteiger partial charge in [0.15, 0.2) is 0 Å². The third-order valence-corrected chi connectivity index (χ3v) is 2.14. The highest BCUT2D eigenvalue weighted by molar-refractivity contribution is 5.17. The summed E-state index contributed by atoms with van der Waals surface area (Å²) in [6, 6.07) is 0. The van der Waals surface area contributed by atoms with E-state index in [1.165, 1.54) is 0 Å². The molecule has 3 aliphatic rings. The summed E-state index contributed by atoms with van der Waals surface area (Å²) in [5, 5.41) is 0. The third kappa shape index (κ3) is 0.329. The van der Waals surface area contributed by atoms with Gasteiger partial charge in [0.05, 0.1) is 18.1 Å². The van der Waals surface area contributed by atoms with Crippen LogP contribution in [0.1, 0.15) is 12.8 Å². The van der Waals surface area contributed by atoms with Gasteiger partial charge in [-0.25, -0.2) is 0 Å². The third-order valence-electron chi connectivity index (χ3n) is 2.14. The highest BCUT2D eigenvalue weighted by Crippen LogP contribution is 2.49. The van der Waals surface area contributed by atoms with Gasteiger partial charge in [0.2, 0.25) is 0 Å². The molecule has 0 amide bonds. The number of ether oxygens (including phenoxy) is 1. The second-order valence-corrected chi connectivity index (χ2v) is 2.77. The van der Waals surface area contributed by atoms with Crippen molar-refractivity contribution in [3.8, 4) is 12.3 Å². The Hall–Kier alpha value is -0.480. The molecule has 3 rings (SSSR count). The van der Waals surface area contributed by atoms with Crippen molar-refractivity contribution >= 4 is 0 Å². The lowest BCUT2D eigenvalue weighted by molar-refractivity contribution is 0.121. The molecule has 1 aliphatic carbocycles. The minimum absolute atomic E-state index is 0.185. The molecule has 0 aromatic heterocycles. The van der Waals surface area contributed by atoms with Gasteiger partial charge < -0.3 is 4.74 Å². The monoisotopic (exact) mass is 108 g/mol. The van der Waals surface area contributed by atoms with Gasteiger partial charge in [-0.3, -0.25) is 0 Å². The van der Waals surface area contributed by atoms with E-state index in [0.717, 1.165) is 19.4 Å². The fourth-order valence-electron chi connectivity index (χ4n) is 1.48. The van der Waals surface area contributed by atoms with E-state index in [4.69, 9.17) is 11.2 Å². The van der Waals surface area contributed by atoms with Crippen molar-refractivity contribution in [2.45, 2.75) is 18.9 Å². The van der Waals surface area contributed by atoms with E-state index >= 15 is 0 Å². The molecule has 3 fully saturated rings. The van der Waals surface area contributed by atoms with Crippen LogP contribution in [0.25, 0.3) is 0 Å². The number of terminal acetylenes is 1. The maximum Gasteiger partial charge on any atom is 0.0637 e. The van der Waals surface area contributed by atoms with E-state index in [1.807, 2.05) is 0 Å². The molecule has 0 aromatic carbocycles. The van der Waals surface area contributed by atoms with E-state index in [9.17, 15) is 0 Å². The molecular formula is C7H8O. The molecule has 2 bridgehead atoms. The Morgan fingerprint density at radius 2 is 2.38 bits per heavy atom. The molecule has 2 saturated heterocycles. The van der Waals surface area contributed by atoms with Crippen molar-refractivity contribution in [1.29, 1.82) is 0 Å². The molecule has 0 atom stereocenters. The first-order valence-electron chi connectivity index (χ1n) is 2.94. The Morgan fingerprint density at radius 3 is 2.62 bits per heavy atom. The van der Waals surface area contributed by atoms with E-state index in [2.05, 4.69) is 5.92 Å². The van der Waals surface area contributed by atoms with E-state index in [1.54, 1.807) is 0 Å². The Morgan fingerprint density at radius 1 is 1.62 bits per heavy atom. The molecular weight excluding hydrogens is 100 g/mol. The lowest BCUT2D eigenvalue weighted by Gasteiger charge is -2.29. The van der Waals surface area contributed by atoms with Crippen molar-refractivity contribution in [3.05, 3.63) is 0 Å². The second kappa shape index (κ2) is 1.09. The normalized spacial score (nSPS) is 50.1. The number of hydrogen-bond donors (Lipinski definition) is 0. The standard InChI is InChI=1S/C7H8O/c1-2-7-3-6(4-7)8-5-7/h1,6H,3-5H2. The smallest absolute Gasteiger partial charge is 0.0637 e. The van der Waals surface area contributed by atoms with Crippen LogP contribution < -0.4 is 0 Å². The van der Waals surface area contributed by atoms with Crippen LogP contribution in [0.15, 0.2) is 0 Å². The van der Waals surface area contributed by atoms with Gasteiger partial charge in [0, 0.05) is 0 Å². The van der Waals surface area contributed by atoms with Crippen LogP contribution in [-0.4, -0.2) is 12.7 Å². The summed E-state index contributed by atoms with van der Waals surface area (Å²) in [7, 11) is 0. The molecule has 42 valence electrons. The number of rotatable bonds is 0. The van der Waals surface area contributed by atoms with Crippen LogP contribution in [0.3, 0.4) is 0 Å². The van der Waals surface area contributed by atoms with Gasteiger partial charge in [-0.1, -0.05) is 5.92 Å². The van der Waals surface area contributed by atoms with Crippen LogP contribution in [-0.2, 0) is 4.74 Å². The van der Waals surface area contributed by atoms with Crippen LogP contribution in [0.4, 0.5) is 0 Å². The molecule has 1 saturated carbocycles. The van der Waals surface area contributed by atoms with E-state index in [-0.39, 0.29) is 5.41 Å². The Kier molecular flexibility index (Phi) is 0.598. The van der Waals surface area contributed by atoms with Gasteiger partial charge in [-0.15, -0.1) is 6.42 Å². The summed E-state index contributed by atoms with van der Waals surface area (Å²) in [6.07, 6.45) is 8.02. The molecule has 0 N–H and O–H groups in total. The minimum Gasteiger partial charge on any atom is -0.377 e. The Labute approximate surface area is 49.0 Å². The molecule has 0 unspecified atom stereocenters. The minimum atomic E-state index is 0.185. The summed E-state index contributed by atoms with van der Waals surface area (Å²) in [5.41, 5.74) is 0.185. The molecule has 0 radical (unpaired) electrons. The highest BCUT2D eigenvalue weighted by Gasteiger charge is 2.50. The lowest BCUT2D eigenvalue weighted by Crippen LogP contribution is -2.30. The predicted molar refractivity (Wildman–Crippen MR) is 30.2 cm³/mol. The largest absolute Gasteiger partial charge is 0.377 e. The van der Waals surface area contributed by atoms with Gasteiger partial charge in [-0.2, -0.15) is 0 Å². The number of fused-ring (bicyclic) bond motifs is 1. The number of hydrogen-bond acceptors (Lipinski definition) is 1. The zero-order valence-corrected chi connectivity index (χ0v) is 4.68. The fourth-order valence-corrected chi connectivity index (χ4v) is 1.48. The zero-order chi connectivity index (χ0) is 5.61. The van der Waals surface area contributed by atoms with Crippen LogP contribution in [0, 0.1) is 17.8 Å². The van der Waals surface area contributed by atoms with Crippen molar-refractivity contribution in [1.82, 2.24) is 0 Å². The molecule has 1 heteroatoms. The highest BCUT2D eigenvalue weighted by atomic mass is 16.5. The van der Waals surface area contributed by atoms with Crippen molar-refractivity contribution in [3.63, 3.8) is 0 Å². The topological polar surface area (TPSA) is 9.23 Å². The van der Waals surface area contributed by atoms with Crippen molar-refractivity contribution < 1.29 is 4.74 Å². The van der Waals surface area contributed by atoms with Gasteiger partial charge in [-0.05, 0) is 12.8 Å². The lowest BCUT2D eigenvalue weighted by atomic mass is 9.71. The van der Waals surface area contributed by atoms with Crippen LogP contribution >= 0.6 is 0 Å². The quantitative estimate of drug-likeness (QED) is 0.417. The molecule has 0 aromatic rings. The predicted octanol–water partition coefficient (Wildman–Crippen LogP) is 0.799. The first-order valence-corrected chi connectivity index (χ1v) is 2.94. The maximum atomic E-state index is 5.28. The first-order chi connectivity index (χ1) is 3.85. The van der Waals surface area contributed by atoms with Gasteiger partial charge in [0.1, 0.15) is 0 Å². The Bertz CT molecular complexity index is 143. The zero-order valence-electron chi connectivity index (χ0n) is 4.68. The van der Waals surface area contributed by atoms with E-state index in [0.29, 0.717) is 6.10 Å². The second-order valence-electron chi connectivity index (χ2n) is 2.77. The molecule has 8 heavy (non-hydrogen) atoms. The summed E-state index contributed by atoms with van der Waals surface area (Å²) in [6.45, 7) is 0.814. The van der Waals surface area contributed by atoms with Crippen LogP contribution in [0.5, 0.6) is 0 Å². The van der Waals surface area contributed by atoms with Gasteiger partial charge in [0.25, 0.3) is 0 Å². The van der Waals surface area contributed by atoms with Gasteiger partial charge >= 0.3 is 0 Å². The van der Waals surface area contributed by atoms with Crippen molar-refractivity contribution in [2.75, 3.05) is 6.61 Å². The SMILES string of the molecule is C#CC12COC(C1)C2. The average Bonchev–Trinajstić information content (AvgIpc) is 2.17. The molecule has 2 aliphatic heterocycles. The summed E-state index contributed by atoms with van der Waals surface area (Å²) < 4.78 is 5.28. The van der Waals surface area contributed by atoms with E-state index < -0.39 is 0 Å².